The average Bonchev–Trinajstić information content (AvgIpc) is 2.42. The van der Waals surface area contributed by atoms with E-state index in [2.05, 4.69) is 5.32 Å². The zero-order valence-electron chi connectivity index (χ0n) is 11.3. The van der Waals surface area contributed by atoms with Crippen LogP contribution in [0.3, 0.4) is 0 Å². The summed E-state index contributed by atoms with van der Waals surface area (Å²) in [7, 11) is 0. The summed E-state index contributed by atoms with van der Waals surface area (Å²) < 4.78 is 0. The standard InChI is InChI=1S/C15H22N2O2/c1-15(16,11-7-3-2-4-8-11)14(19)17-12-9-5-6-10-13(12)18/h2-4,7-8,12-13,18H,5-6,9-10,16H2,1H3,(H,17,19). The van der Waals surface area contributed by atoms with Crippen molar-refractivity contribution in [2.45, 2.75) is 50.3 Å². The molecule has 0 heterocycles. The molecule has 0 radical (unpaired) electrons. The number of carbonyl (C=O) groups is 1. The Morgan fingerprint density at radius 1 is 1.32 bits per heavy atom. The van der Waals surface area contributed by atoms with Crippen LogP contribution in [0, 0.1) is 0 Å². The van der Waals surface area contributed by atoms with Gasteiger partial charge >= 0.3 is 0 Å². The molecule has 1 amide bonds. The quantitative estimate of drug-likeness (QED) is 0.768. The van der Waals surface area contributed by atoms with Crippen LogP contribution in [0.25, 0.3) is 0 Å². The van der Waals surface area contributed by atoms with Gasteiger partial charge in [-0.1, -0.05) is 43.2 Å². The molecule has 1 aliphatic rings. The summed E-state index contributed by atoms with van der Waals surface area (Å²) in [5.74, 6) is -0.232. The summed E-state index contributed by atoms with van der Waals surface area (Å²) in [5, 5.41) is 12.8. The van der Waals surface area contributed by atoms with Gasteiger partial charge in [-0.15, -0.1) is 0 Å². The Hall–Kier alpha value is -1.39. The number of hydrogen-bond acceptors (Lipinski definition) is 3. The normalized spacial score (nSPS) is 26.5. The van der Waals surface area contributed by atoms with Crippen LogP contribution in [0.4, 0.5) is 0 Å². The van der Waals surface area contributed by atoms with E-state index in [0.717, 1.165) is 31.2 Å². The Labute approximate surface area is 114 Å². The second kappa shape index (κ2) is 5.72. The Bertz CT molecular complexity index is 431. The van der Waals surface area contributed by atoms with Gasteiger partial charge in [-0.25, -0.2) is 0 Å². The third kappa shape index (κ3) is 3.14. The molecule has 4 nitrogen and oxygen atoms in total. The fourth-order valence-electron chi connectivity index (χ4n) is 2.51. The summed E-state index contributed by atoms with van der Waals surface area (Å²) in [6, 6.07) is 9.13. The van der Waals surface area contributed by atoms with E-state index in [1.165, 1.54) is 0 Å². The second-order valence-electron chi connectivity index (χ2n) is 5.50. The molecule has 1 aromatic rings. The first-order chi connectivity index (χ1) is 9.01. The van der Waals surface area contributed by atoms with Crippen molar-refractivity contribution in [1.82, 2.24) is 5.32 Å². The van der Waals surface area contributed by atoms with Crippen LogP contribution >= 0.6 is 0 Å². The second-order valence-corrected chi connectivity index (χ2v) is 5.50. The number of aliphatic hydroxyl groups is 1. The molecular weight excluding hydrogens is 240 g/mol. The highest BCUT2D eigenvalue weighted by atomic mass is 16.3. The molecule has 3 unspecified atom stereocenters. The van der Waals surface area contributed by atoms with Crippen molar-refractivity contribution in [3.8, 4) is 0 Å². The molecule has 0 aromatic heterocycles. The molecule has 4 heteroatoms. The maximum atomic E-state index is 12.3. The van der Waals surface area contributed by atoms with Crippen molar-refractivity contribution < 1.29 is 9.90 Å². The zero-order chi connectivity index (χ0) is 13.9. The van der Waals surface area contributed by atoms with Crippen LogP contribution < -0.4 is 11.1 Å². The zero-order valence-corrected chi connectivity index (χ0v) is 11.3. The van der Waals surface area contributed by atoms with E-state index in [9.17, 15) is 9.90 Å². The molecule has 0 aliphatic heterocycles. The number of benzene rings is 1. The molecule has 2 rings (SSSR count). The molecule has 3 atom stereocenters. The molecule has 104 valence electrons. The number of hydrogen-bond donors (Lipinski definition) is 3. The van der Waals surface area contributed by atoms with Gasteiger partial charge in [-0.05, 0) is 25.3 Å². The topological polar surface area (TPSA) is 75.4 Å². The van der Waals surface area contributed by atoms with E-state index in [1.54, 1.807) is 6.92 Å². The van der Waals surface area contributed by atoms with E-state index in [0.29, 0.717) is 0 Å². The average molecular weight is 262 g/mol. The van der Waals surface area contributed by atoms with Crippen LogP contribution in [0.15, 0.2) is 30.3 Å². The highest BCUT2D eigenvalue weighted by Crippen LogP contribution is 2.21. The molecule has 1 fully saturated rings. The van der Waals surface area contributed by atoms with Crippen LogP contribution in [0.2, 0.25) is 0 Å². The SMILES string of the molecule is CC(N)(C(=O)NC1CCCCC1O)c1ccccc1. The van der Waals surface area contributed by atoms with Crippen molar-refractivity contribution in [1.29, 1.82) is 0 Å². The smallest absolute Gasteiger partial charge is 0.244 e. The number of carbonyl (C=O) groups excluding carboxylic acids is 1. The van der Waals surface area contributed by atoms with Crippen LogP contribution in [-0.4, -0.2) is 23.2 Å². The minimum atomic E-state index is -1.07. The molecule has 1 aromatic carbocycles. The van der Waals surface area contributed by atoms with E-state index < -0.39 is 11.6 Å². The molecule has 0 saturated heterocycles. The van der Waals surface area contributed by atoms with Gasteiger partial charge in [0, 0.05) is 0 Å². The monoisotopic (exact) mass is 262 g/mol. The maximum absolute atomic E-state index is 12.3. The van der Waals surface area contributed by atoms with Crippen LogP contribution in [-0.2, 0) is 10.3 Å². The van der Waals surface area contributed by atoms with Crippen molar-refractivity contribution in [2.24, 2.45) is 5.73 Å². The third-order valence-electron chi connectivity index (χ3n) is 3.89. The maximum Gasteiger partial charge on any atom is 0.244 e. The summed E-state index contributed by atoms with van der Waals surface area (Å²) in [5.41, 5.74) is 5.86. The predicted octanol–water partition coefficient (Wildman–Crippen LogP) is 1.28. The van der Waals surface area contributed by atoms with Crippen molar-refractivity contribution in [3.05, 3.63) is 35.9 Å². The van der Waals surface area contributed by atoms with E-state index in [1.807, 2.05) is 30.3 Å². The molecule has 19 heavy (non-hydrogen) atoms. The summed E-state index contributed by atoms with van der Waals surface area (Å²) in [6.07, 6.45) is 3.17. The molecular formula is C15H22N2O2. The Morgan fingerprint density at radius 2 is 1.95 bits per heavy atom. The number of rotatable bonds is 3. The van der Waals surface area contributed by atoms with Gasteiger partial charge in [0.15, 0.2) is 0 Å². The van der Waals surface area contributed by atoms with Gasteiger partial charge in [0.2, 0.25) is 5.91 Å². The lowest BCUT2D eigenvalue weighted by atomic mass is 9.89. The summed E-state index contributed by atoms with van der Waals surface area (Å²) in [4.78, 5) is 12.3. The molecule has 0 bridgehead atoms. The van der Waals surface area contributed by atoms with Crippen LogP contribution in [0.5, 0.6) is 0 Å². The van der Waals surface area contributed by atoms with Gasteiger partial charge < -0.3 is 16.2 Å². The fraction of sp³-hybridized carbons (Fsp3) is 0.533. The lowest BCUT2D eigenvalue weighted by Gasteiger charge is -2.32. The summed E-state index contributed by atoms with van der Waals surface area (Å²) in [6.45, 7) is 1.70. The van der Waals surface area contributed by atoms with Crippen molar-refractivity contribution >= 4 is 5.91 Å². The van der Waals surface area contributed by atoms with Crippen molar-refractivity contribution in [2.75, 3.05) is 0 Å². The van der Waals surface area contributed by atoms with E-state index in [-0.39, 0.29) is 11.9 Å². The molecule has 0 spiro atoms. The Morgan fingerprint density at radius 3 is 2.58 bits per heavy atom. The number of nitrogens with two attached hydrogens (primary N) is 1. The molecule has 1 aliphatic carbocycles. The lowest BCUT2D eigenvalue weighted by Crippen LogP contribution is -2.55. The highest BCUT2D eigenvalue weighted by molar-refractivity contribution is 5.87. The number of amides is 1. The van der Waals surface area contributed by atoms with E-state index >= 15 is 0 Å². The number of aliphatic hydroxyl groups excluding tert-OH is 1. The summed E-state index contributed by atoms with van der Waals surface area (Å²) >= 11 is 0. The van der Waals surface area contributed by atoms with E-state index in [4.69, 9.17) is 5.73 Å². The van der Waals surface area contributed by atoms with Gasteiger partial charge in [0.05, 0.1) is 12.1 Å². The van der Waals surface area contributed by atoms with Gasteiger partial charge in [0.25, 0.3) is 0 Å². The van der Waals surface area contributed by atoms with Gasteiger partial charge in [-0.2, -0.15) is 0 Å². The molecule has 4 N–H and O–H groups in total. The van der Waals surface area contributed by atoms with Gasteiger partial charge in [0.1, 0.15) is 5.54 Å². The van der Waals surface area contributed by atoms with Crippen molar-refractivity contribution in [3.63, 3.8) is 0 Å². The number of nitrogens with one attached hydrogen (secondary N) is 1. The highest BCUT2D eigenvalue weighted by Gasteiger charge is 2.34. The third-order valence-corrected chi connectivity index (χ3v) is 3.89. The van der Waals surface area contributed by atoms with Gasteiger partial charge in [-0.3, -0.25) is 4.79 Å². The Balaban J connectivity index is 2.06. The largest absolute Gasteiger partial charge is 0.391 e. The first-order valence-electron chi connectivity index (χ1n) is 6.85. The first-order valence-corrected chi connectivity index (χ1v) is 6.85. The minimum Gasteiger partial charge on any atom is -0.391 e. The minimum absolute atomic E-state index is 0.173. The fourth-order valence-corrected chi connectivity index (χ4v) is 2.51. The van der Waals surface area contributed by atoms with Crippen LogP contribution in [0.1, 0.15) is 38.2 Å². The Kier molecular flexibility index (Phi) is 4.22. The molecule has 1 saturated carbocycles. The first kappa shape index (κ1) is 14.0. The predicted molar refractivity (Wildman–Crippen MR) is 74.4 cm³/mol. The lowest BCUT2D eigenvalue weighted by molar-refractivity contribution is -0.128.